The molecule has 0 radical (unpaired) electrons. The Balaban J connectivity index is 0.762. The van der Waals surface area contributed by atoms with Gasteiger partial charge in [0.25, 0.3) is 8.53 Å². The number of nitrogens with one attached hydrogen (secondary N) is 3. The van der Waals surface area contributed by atoms with Gasteiger partial charge in [0.1, 0.15) is 61.0 Å². The van der Waals surface area contributed by atoms with Gasteiger partial charge in [0.05, 0.1) is 78.0 Å². The topological polar surface area (TPSA) is 327 Å². The number of anilines is 2. The Kier molecular flexibility index (Phi) is 29.8. The molecule has 10 aromatic rings. The number of rotatable bonds is 41. The Morgan fingerprint density at radius 2 is 1.21 bits per heavy atom. The predicted octanol–water partition coefficient (Wildman–Crippen LogP) is 15.4. The molecule has 4 N–H and O–H groups in total. The smallest absolute Gasteiger partial charge is 0.409 e. The van der Waals surface area contributed by atoms with Crippen LogP contribution in [0.15, 0.2) is 177 Å². The van der Waals surface area contributed by atoms with E-state index in [0.717, 1.165) is 50.9 Å². The minimum absolute atomic E-state index is 0.00704. The molecule has 1 aliphatic carbocycles. The van der Waals surface area contributed by atoms with Crippen LogP contribution in [-0.2, 0) is 63.3 Å². The number of methoxy groups -OCH3 is 2. The van der Waals surface area contributed by atoms with Crippen molar-refractivity contribution in [3.8, 4) is 41.0 Å². The van der Waals surface area contributed by atoms with E-state index in [4.69, 9.17) is 72.4 Å². The van der Waals surface area contributed by atoms with Crippen LogP contribution in [-0.4, -0.2) is 169 Å². The maximum atomic E-state index is 13.8. The van der Waals surface area contributed by atoms with E-state index in [1.165, 1.54) is 17.6 Å². The van der Waals surface area contributed by atoms with Crippen LogP contribution in [0, 0.1) is 29.6 Å². The third-order valence-electron chi connectivity index (χ3n) is 21.0. The van der Waals surface area contributed by atoms with Crippen LogP contribution in [0.1, 0.15) is 156 Å². The zero-order valence-corrected chi connectivity index (χ0v) is 70.0. The molecule has 13 rings (SSSR count). The van der Waals surface area contributed by atoms with Gasteiger partial charge in [-0.2, -0.15) is 5.26 Å². The van der Waals surface area contributed by atoms with Crippen molar-refractivity contribution in [3.05, 3.63) is 216 Å². The van der Waals surface area contributed by atoms with E-state index in [0.29, 0.717) is 71.1 Å². The Labute approximate surface area is 695 Å². The van der Waals surface area contributed by atoms with E-state index in [1.807, 2.05) is 115 Å². The molecule has 2 saturated heterocycles. The lowest BCUT2D eigenvalue weighted by molar-refractivity contribution is -0.121. The van der Waals surface area contributed by atoms with Crippen molar-refractivity contribution in [2.24, 2.45) is 5.92 Å². The van der Waals surface area contributed by atoms with Gasteiger partial charge in [0.15, 0.2) is 40.2 Å². The molecule has 0 bridgehead atoms. The van der Waals surface area contributed by atoms with Crippen LogP contribution in [0.25, 0.3) is 33.5 Å². The summed E-state index contributed by atoms with van der Waals surface area (Å²) in [6.07, 6.45) is 7.34. The molecular formula is C88H102N14O15P2. The summed E-state index contributed by atoms with van der Waals surface area (Å²) in [6.45, 7) is 13.1. The van der Waals surface area contributed by atoms with Gasteiger partial charge in [-0.05, 0) is 115 Å². The fraction of sp³-hybridized carbons (Fsp3) is 0.409. The van der Waals surface area contributed by atoms with Crippen molar-refractivity contribution in [1.29, 1.82) is 5.26 Å². The van der Waals surface area contributed by atoms with E-state index >= 15 is 0 Å². The molecule has 624 valence electrons. The van der Waals surface area contributed by atoms with Crippen molar-refractivity contribution in [1.82, 2.24) is 53.9 Å². The van der Waals surface area contributed by atoms with Gasteiger partial charge in [0, 0.05) is 75.8 Å². The van der Waals surface area contributed by atoms with Gasteiger partial charge < -0.3 is 77.0 Å². The SMILES string of the molecule is C#CCCOP(OC1C[C@H](n2cnc3c(NC(=O)CCCN(C)C(=O)OCC4c5ccccc5-c5ccccc54)ncnc32)O[C@@H]1COP(OCCC#N)OC1C[C@H](n2cnc3c(NC(O)c4ccc(CNC(=O)CCC(C)C)cc4)ncnc32)O[C@@H]1COC(c1ccccc1)(c1ccc(OC)cc1)c1ccc(OC)cc1)N(C(C)C)C(C)C. The zero-order valence-electron chi connectivity index (χ0n) is 68.3. The van der Waals surface area contributed by atoms with Crippen molar-refractivity contribution in [3.63, 3.8) is 0 Å². The zero-order chi connectivity index (χ0) is 83.5. The predicted molar refractivity (Wildman–Crippen MR) is 450 cm³/mol. The normalized spacial score (nSPS) is 17.9. The molecule has 3 amide bonds. The van der Waals surface area contributed by atoms with Crippen LogP contribution in [0.3, 0.4) is 0 Å². The molecule has 2 fully saturated rings. The first-order chi connectivity index (χ1) is 57.8. The van der Waals surface area contributed by atoms with E-state index in [1.54, 1.807) is 55.2 Å². The minimum atomic E-state index is -2.40. The highest BCUT2D eigenvalue weighted by atomic mass is 31.2. The summed E-state index contributed by atoms with van der Waals surface area (Å²) in [7, 11) is 0.674. The average Bonchev–Trinajstić information content (AvgIpc) is 1.73. The number of nitrogens with zero attached hydrogens (tertiary/aromatic N) is 11. The number of imidazole rings is 2. The lowest BCUT2D eigenvalue weighted by Crippen LogP contribution is -2.38. The van der Waals surface area contributed by atoms with Crippen LogP contribution in [0.5, 0.6) is 11.5 Å². The number of aliphatic hydroxyl groups excluding tert-OH is 1. The number of hydrogen-bond donors (Lipinski definition) is 4. The van der Waals surface area contributed by atoms with Gasteiger partial charge in [-0.3, -0.25) is 18.7 Å². The standard InChI is InChI=1S/C88H102N14O15P2/c1-11-12-45-111-118(102(58(4)5)59(6)7)116-72-47-78(100-55-95-80-82(91-53-93-84(80)100)97-77(104)28-20-44-99(8)87(106)109-50-71-69-26-18-16-24-67(69)68-25-17-19-27-70(68)71)115-75(72)52-113-119(112-46-21-43-89)117-73-48-79(101-56-96-81-83(92-54-94-85(81)101)98-86(105)61-32-30-60(31-33-61)49-90-76(103)42-29-57(2)3)114-74(73)51-110-88(62-22-14-13-15-23-62,63-34-38-65(107-9)39-35-63)64-36-40-66(108-10)41-37-64/h1,13-19,22-27,30-41,53-59,71-75,78-79,86,105H,12,20-21,28-29,42,44-52H2,2-10H3,(H,90,103)(H,92,94,98)(H,91,93,97,104)/t72?,73?,74-,75-,78-,79-,86?,118?,119?/m1/s1. The second kappa shape index (κ2) is 41.0. The number of terminal acetylenes is 1. The molecule has 0 saturated carbocycles. The Bertz CT molecular complexity index is 5010. The minimum Gasteiger partial charge on any atom is -0.497 e. The first-order valence-corrected chi connectivity index (χ1v) is 42.3. The van der Waals surface area contributed by atoms with E-state index < -0.39 is 71.9 Å². The number of ether oxygens (including phenoxy) is 6. The number of carbonyl (C=O) groups excluding carboxylic acids is 3. The first-order valence-electron chi connectivity index (χ1n) is 40.1. The highest BCUT2D eigenvalue weighted by Crippen LogP contribution is 2.53. The number of nitriles is 1. The van der Waals surface area contributed by atoms with Crippen LogP contribution in [0.2, 0.25) is 0 Å². The summed E-state index contributed by atoms with van der Waals surface area (Å²) >= 11 is 0. The summed E-state index contributed by atoms with van der Waals surface area (Å²) in [5.74, 6) is 4.35. The highest BCUT2D eigenvalue weighted by molar-refractivity contribution is 7.44. The molecule has 31 heteroatoms. The number of benzene rings is 6. The van der Waals surface area contributed by atoms with Crippen molar-refractivity contribution in [2.75, 3.05) is 71.5 Å². The van der Waals surface area contributed by atoms with E-state index in [-0.39, 0.29) is 107 Å². The molecule has 6 heterocycles. The summed E-state index contributed by atoms with van der Waals surface area (Å²) in [5, 5.41) is 30.7. The lowest BCUT2D eigenvalue weighted by Gasteiger charge is -2.37. The van der Waals surface area contributed by atoms with E-state index in [9.17, 15) is 24.8 Å². The summed E-state index contributed by atoms with van der Waals surface area (Å²) in [4.78, 5) is 69.2. The van der Waals surface area contributed by atoms with Crippen LogP contribution >= 0.6 is 17.1 Å². The fourth-order valence-electron chi connectivity index (χ4n) is 15.0. The molecule has 9 atom stereocenters. The van der Waals surface area contributed by atoms with E-state index in [2.05, 4.69) is 113 Å². The van der Waals surface area contributed by atoms with Crippen molar-refractivity contribution < 1.29 is 70.5 Å². The Hall–Kier alpha value is -10.5. The van der Waals surface area contributed by atoms with Crippen molar-refractivity contribution in [2.45, 2.75) is 166 Å². The number of hydrogen-bond acceptors (Lipinski definition) is 24. The monoisotopic (exact) mass is 1660 g/mol. The third-order valence-corrected chi connectivity index (χ3v) is 24.4. The van der Waals surface area contributed by atoms with Crippen LogP contribution < -0.4 is 25.4 Å². The molecule has 6 aromatic carbocycles. The molecule has 5 unspecified atom stereocenters. The first kappa shape index (κ1) is 86.4. The second-order valence-electron chi connectivity index (χ2n) is 30.2. The van der Waals surface area contributed by atoms with Crippen molar-refractivity contribution >= 4 is 69.0 Å². The maximum Gasteiger partial charge on any atom is 0.409 e. The molecule has 3 aliphatic rings. The Morgan fingerprint density at radius 3 is 1.80 bits per heavy atom. The van der Waals surface area contributed by atoms with Gasteiger partial charge in [-0.15, -0.1) is 12.3 Å². The van der Waals surface area contributed by atoms with Gasteiger partial charge >= 0.3 is 14.7 Å². The molecular weight excluding hydrogens is 1550 g/mol. The van der Waals surface area contributed by atoms with Gasteiger partial charge in [0.2, 0.25) is 11.8 Å². The summed E-state index contributed by atoms with van der Waals surface area (Å²) in [5.41, 5.74) is 8.34. The number of aliphatic hydroxyl groups is 1. The largest absolute Gasteiger partial charge is 0.497 e. The quantitative estimate of drug-likeness (QED) is 0.00909. The van der Waals surface area contributed by atoms with Crippen LogP contribution in [0.4, 0.5) is 16.4 Å². The third kappa shape index (κ3) is 20.9. The highest BCUT2D eigenvalue weighted by Gasteiger charge is 2.47. The van der Waals surface area contributed by atoms with Gasteiger partial charge in [-0.25, -0.2) is 39.4 Å². The number of carbonyl (C=O) groups is 3. The fourth-order valence-corrected chi connectivity index (χ4v) is 17.9. The Morgan fingerprint density at radius 1 is 0.647 bits per heavy atom. The molecule has 4 aromatic heterocycles. The summed E-state index contributed by atoms with van der Waals surface area (Å²) < 4.78 is 79.1. The molecule has 119 heavy (non-hydrogen) atoms. The molecule has 0 spiro atoms. The second-order valence-corrected chi connectivity index (χ2v) is 32.7. The number of amides is 3. The number of aromatic nitrogens is 8. The average molecular weight is 1660 g/mol. The molecule has 29 nitrogen and oxygen atoms in total. The van der Waals surface area contributed by atoms with Gasteiger partial charge in [-0.1, -0.05) is 141 Å². The lowest BCUT2D eigenvalue weighted by atomic mass is 9.80. The molecule has 2 aliphatic heterocycles. The summed E-state index contributed by atoms with van der Waals surface area (Å²) in [6, 6.07) is 51.0. The maximum absolute atomic E-state index is 13.8. The number of fused-ring (bicyclic) bond motifs is 5.